The molecule has 3 heterocycles. The number of likely N-dealkylation sites (tertiary alicyclic amines) is 1. The Hall–Kier alpha value is -1.93. The van der Waals surface area contributed by atoms with Crippen molar-refractivity contribution in [1.29, 1.82) is 0 Å². The molecule has 1 aromatic rings. The van der Waals surface area contributed by atoms with Crippen LogP contribution in [0.4, 0.5) is 4.79 Å². The Morgan fingerprint density at radius 3 is 2.71 bits per heavy atom. The third-order valence-electron chi connectivity index (χ3n) is 7.43. The van der Waals surface area contributed by atoms with Crippen molar-refractivity contribution in [3.05, 3.63) is 22.4 Å². The minimum absolute atomic E-state index is 0.0930. The van der Waals surface area contributed by atoms with Gasteiger partial charge in [-0.2, -0.15) is 0 Å². The Labute approximate surface area is 188 Å². The lowest BCUT2D eigenvalue weighted by Gasteiger charge is -2.37. The number of urea groups is 1. The van der Waals surface area contributed by atoms with E-state index in [9.17, 15) is 14.4 Å². The molecule has 4 rings (SSSR count). The topological polar surface area (TPSA) is 81.8 Å². The van der Waals surface area contributed by atoms with Crippen LogP contribution in [0.2, 0.25) is 0 Å². The van der Waals surface area contributed by atoms with Crippen molar-refractivity contribution in [1.82, 2.24) is 20.4 Å². The first-order valence-electron chi connectivity index (χ1n) is 11.6. The molecule has 3 unspecified atom stereocenters. The smallest absolute Gasteiger partial charge is 0.325 e. The molecule has 2 aliphatic heterocycles. The first-order valence-corrected chi connectivity index (χ1v) is 12.5. The number of thiophene rings is 1. The minimum atomic E-state index is -0.820. The number of carbonyl (C=O) groups is 3. The van der Waals surface area contributed by atoms with Crippen molar-refractivity contribution in [2.75, 3.05) is 26.2 Å². The average molecular weight is 447 g/mol. The van der Waals surface area contributed by atoms with Crippen LogP contribution in [0.5, 0.6) is 0 Å². The van der Waals surface area contributed by atoms with Gasteiger partial charge in [-0.25, -0.2) is 4.79 Å². The highest BCUT2D eigenvalue weighted by molar-refractivity contribution is 7.10. The van der Waals surface area contributed by atoms with Gasteiger partial charge in [0.1, 0.15) is 12.1 Å². The van der Waals surface area contributed by atoms with Crippen molar-refractivity contribution < 1.29 is 14.4 Å². The standard InChI is InChI=1S/C23H34N4O3S/c1-16-8-11-26(12-9-16)18(19-7-5-13-31-19)14-24-20(28)15-27-21(29)23(25-22(27)30)10-4-3-6-17(23)2/h5,7,13,16-18H,3-4,6,8-12,14-15H2,1-2H3,(H,24,28)(H,25,30). The second-order valence-electron chi connectivity index (χ2n) is 9.49. The summed E-state index contributed by atoms with van der Waals surface area (Å²) >= 11 is 1.70. The molecule has 2 N–H and O–H groups in total. The van der Waals surface area contributed by atoms with E-state index in [1.807, 2.05) is 13.0 Å². The van der Waals surface area contributed by atoms with Crippen molar-refractivity contribution in [2.24, 2.45) is 11.8 Å². The van der Waals surface area contributed by atoms with E-state index in [0.717, 1.165) is 43.2 Å². The molecule has 31 heavy (non-hydrogen) atoms. The fourth-order valence-electron chi connectivity index (χ4n) is 5.28. The highest BCUT2D eigenvalue weighted by Crippen LogP contribution is 2.38. The number of amides is 4. The Morgan fingerprint density at radius 1 is 1.26 bits per heavy atom. The van der Waals surface area contributed by atoms with Crippen molar-refractivity contribution in [3.63, 3.8) is 0 Å². The number of imide groups is 1. The zero-order chi connectivity index (χ0) is 22.0. The van der Waals surface area contributed by atoms with E-state index in [0.29, 0.717) is 13.0 Å². The van der Waals surface area contributed by atoms with E-state index in [1.54, 1.807) is 11.3 Å². The summed E-state index contributed by atoms with van der Waals surface area (Å²) in [6.07, 6.45) is 5.91. The Morgan fingerprint density at radius 2 is 2.03 bits per heavy atom. The molecule has 0 radical (unpaired) electrons. The Bertz CT molecular complexity index is 806. The number of nitrogens with zero attached hydrogens (tertiary/aromatic N) is 2. The first kappa shape index (κ1) is 22.3. The summed E-state index contributed by atoms with van der Waals surface area (Å²) in [7, 11) is 0. The Balaban J connectivity index is 1.37. The maximum atomic E-state index is 13.1. The molecule has 3 aliphatic rings. The van der Waals surface area contributed by atoms with Crippen LogP contribution >= 0.6 is 11.3 Å². The largest absolute Gasteiger partial charge is 0.353 e. The number of nitrogens with one attached hydrogen (secondary N) is 2. The molecule has 1 aromatic heterocycles. The highest BCUT2D eigenvalue weighted by Gasteiger charge is 2.55. The summed E-state index contributed by atoms with van der Waals surface area (Å²) in [4.78, 5) is 43.2. The molecule has 1 aliphatic carbocycles. The van der Waals surface area contributed by atoms with Gasteiger partial charge in [0.05, 0.1) is 6.04 Å². The van der Waals surface area contributed by atoms with Gasteiger partial charge in [0.25, 0.3) is 5.91 Å². The van der Waals surface area contributed by atoms with Gasteiger partial charge in [-0.3, -0.25) is 19.4 Å². The third-order valence-corrected chi connectivity index (χ3v) is 8.40. The van der Waals surface area contributed by atoms with Gasteiger partial charge >= 0.3 is 6.03 Å². The van der Waals surface area contributed by atoms with E-state index in [4.69, 9.17) is 0 Å². The van der Waals surface area contributed by atoms with E-state index >= 15 is 0 Å². The second kappa shape index (κ2) is 9.28. The van der Waals surface area contributed by atoms with Crippen LogP contribution in [0.25, 0.3) is 0 Å². The van der Waals surface area contributed by atoms with Crippen LogP contribution in [-0.4, -0.2) is 59.4 Å². The van der Waals surface area contributed by atoms with Crippen LogP contribution in [0.1, 0.15) is 63.3 Å². The predicted octanol–water partition coefficient (Wildman–Crippen LogP) is 3.14. The average Bonchev–Trinajstić information content (AvgIpc) is 3.36. The lowest BCUT2D eigenvalue weighted by molar-refractivity contribution is -0.137. The molecule has 0 aromatic carbocycles. The quantitative estimate of drug-likeness (QED) is 0.658. The van der Waals surface area contributed by atoms with Crippen molar-refractivity contribution >= 4 is 29.2 Å². The number of rotatable bonds is 6. The molecule has 7 nitrogen and oxygen atoms in total. The lowest BCUT2D eigenvalue weighted by Crippen LogP contribution is -2.54. The van der Waals surface area contributed by atoms with Gasteiger partial charge in [0.15, 0.2) is 0 Å². The van der Waals surface area contributed by atoms with E-state index < -0.39 is 11.6 Å². The molecule has 4 amide bonds. The van der Waals surface area contributed by atoms with E-state index in [2.05, 4.69) is 33.9 Å². The van der Waals surface area contributed by atoms with Crippen LogP contribution in [0.15, 0.2) is 17.5 Å². The van der Waals surface area contributed by atoms with Crippen LogP contribution in [-0.2, 0) is 9.59 Å². The summed E-state index contributed by atoms with van der Waals surface area (Å²) < 4.78 is 0. The van der Waals surface area contributed by atoms with Gasteiger partial charge in [0.2, 0.25) is 5.91 Å². The summed E-state index contributed by atoms with van der Waals surface area (Å²) in [5, 5.41) is 7.98. The monoisotopic (exact) mass is 446 g/mol. The van der Waals surface area contributed by atoms with E-state index in [-0.39, 0.29) is 30.3 Å². The maximum Gasteiger partial charge on any atom is 0.325 e. The molecule has 8 heteroatoms. The van der Waals surface area contributed by atoms with E-state index in [1.165, 1.54) is 17.7 Å². The van der Waals surface area contributed by atoms with Crippen LogP contribution < -0.4 is 10.6 Å². The molecule has 3 atom stereocenters. The number of hydrogen-bond acceptors (Lipinski definition) is 5. The summed E-state index contributed by atoms with van der Waals surface area (Å²) in [5.74, 6) is 0.315. The molecule has 1 saturated carbocycles. The highest BCUT2D eigenvalue weighted by atomic mass is 32.1. The summed E-state index contributed by atoms with van der Waals surface area (Å²) in [6.45, 7) is 6.62. The molecule has 3 fully saturated rings. The minimum Gasteiger partial charge on any atom is -0.353 e. The SMILES string of the molecule is CC1CCN(C(CNC(=O)CN2C(=O)NC3(CCCCC3C)C2=O)c2cccs2)CC1. The van der Waals surface area contributed by atoms with Gasteiger partial charge in [-0.15, -0.1) is 11.3 Å². The summed E-state index contributed by atoms with van der Waals surface area (Å²) in [5.41, 5.74) is -0.820. The predicted molar refractivity (Wildman–Crippen MR) is 121 cm³/mol. The lowest BCUT2D eigenvalue weighted by atomic mass is 9.73. The van der Waals surface area contributed by atoms with Crippen LogP contribution in [0.3, 0.4) is 0 Å². The van der Waals surface area contributed by atoms with Gasteiger partial charge in [0, 0.05) is 11.4 Å². The maximum absolute atomic E-state index is 13.1. The normalized spacial score (nSPS) is 28.7. The second-order valence-corrected chi connectivity index (χ2v) is 10.5. The molecule has 170 valence electrons. The molecular weight excluding hydrogens is 412 g/mol. The number of carbonyl (C=O) groups excluding carboxylic acids is 3. The first-order chi connectivity index (χ1) is 14.9. The van der Waals surface area contributed by atoms with Gasteiger partial charge in [-0.05, 0) is 62.1 Å². The fraction of sp³-hybridized carbons (Fsp3) is 0.696. The van der Waals surface area contributed by atoms with Gasteiger partial charge in [-0.1, -0.05) is 32.8 Å². The zero-order valence-electron chi connectivity index (χ0n) is 18.6. The molecule has 0 bridgehead atoms. The zero-order valence-corrected chi connectivity index (χ0v) is 19.4. The van der Waals surface area contributed by atoms with Crippen molar-refractivity contribution in [3.8, 4) is 0 Å². The Kier molecular flexibility index (Phi) is 6.67. The number of hydrogen-bond donors (Lipinski definition) is 2. The van der Waals surface area contributed by atoms with Crippen molar-refractivity contribution in [2.45, 2.75) is 64.0 Å². The molecular formula is C23H34N4O3S. The third kappa shape index (κ3) is 4.51. The number of piperidine rings is 1. The molecule has 1 spiro atoms. The molecule has 2 saturated heterocycles. The summed E-state index contributed by atoms with van der Waals surface area (Å²) in [6, 6.07) is 3.85. The van der Waals surface area contributed by atoms with Gasteiger partial charge < -0.3 is 10.6 Å². The van der Waals surface area contributed by atoms with Crippen LogP contribution in [0, 0.1) is 11.8 Å². The fourth-order valence-corrected chi connectivity index (χ4v) is 6.14.